The number of rotatable bonds is 5. The number of nitrogens with zero attached hydrogens (tertiary/aromatic N) is 3. The summed E-state index contributed by atoms with van der Waals surface area (Å²) in [4.78, 5) is 6.25. The zero-order valence-electron chi connectivity index (χ0n) is 8.72. The van der Waals surface area contributed by atoms with Crippen molar-refractivity contribution in [3.63, 3.8) is 0 Å². The maximum absolute atomic E-state index is 8.79. The highest BCUT2D eigenvalue weighted by Gasteiger charge is 2.08. The molecule has 1 atom stereocenters. The maximum Gasteiger partial charge on any atom is 0.122 e. The van der Waals surface area contributed by atoms with Crippen LogP contribution < -0.4 is 5.73 Å². The number of nitrogens with two attached hydrogens (primary N) is 1. The molecule has 0 aliphatic rings. The van der Waals surface area contributed by atoms with Gasteiger partial charge >= 0.3 is 0 Å². The third-order valence-electron chi connectivity index (χ3n) is 2.11. The second-order valence-electron chi connectivity index (χ2n) is 3.59. The smallest absolute Gasteiger partial charge is 0.122 e. The Kier molecular flexibility index (Phi) is 4.06. The average molecular weight is 198 g/mol. The van der Waals surface area contributed by atoms with Crippen molar-refractivity contribution in [2.24, 2.45) is 12.8 Å². The maximum atomic E-state index is 8.79. The lowest BCUT2D eigenvalue weighted by Gasteiger charge is -2.19. The Morgan fingerprint density at radius 3 is 2.93 bits per heavy atom. The lowest BCUT2D eigenvalue weighted by Crippen LogP contribution is -2.37. The molecule has 14 heavy (non-hydrogen) atoms. The molecule has 3 N–H and O–H groups in total. The standard InChI is InChI=1S/C9H18N4O/c1-12(5-8(10)7-14)6-9-11-3-4-13(9)2/h3-4,8,14H,5-7,10H2,1-2H3. The molecule has 0 aromatic carbocycles. The molecule has 0 saturated carbocycles. The van der Waals surface area contributed by atoms with E-state index in [0.717, 1.165) is 12.4 Å². The first-order valence-corrected chi connectivity index (χ1v) is 4.64. The number of aliphatic hydroxyl groups is 1. The first kappa shape index (κ1) is 11.2. The fourth-order valence-corrected chi connectivity index (χ4v) is 1.31. The summed E-state index contributed by atoms with van der Waals surface area (Å²) in [6, 6.07) is -0.180. The third kappa shape index (κ3) is 3.10. The van der Waals surface area contributed by atoms with Crippen molar-refractivity contribution in [2.45, 2.75) is 12.6 Å². The summed E-state index contributed by atoms with van der Waals surface area (Å²) < 4.78 is 1.97. The number of hydrogen-bond donors (Lipinski definition) is 2. The van der Waals surface area contributed by atoms with E-state index < -0.39 is 0 Å². The van der Waals surface area contributed by atoms with Crippen molar-refractivity contribution in [3.8, 4) is 0 Å². The predicted octanol–water partition coefficient (Wildman–Crippen LogP) is -0.828. The summed E-state index contributed by atoms with van der Waals surface area (Å²) >= 11 is 0. The van der Waals surface area contributed by atoms with Crippen molar-refractivity contribution in [3.05, 3.63) is 18.2 Å². The lowest BCUT2D eigenvalue weighted by atomic mass is 10.3. The van der Waals surface area contributed by atoms with Crippen molar-refractivity contribution in [2.75, 3.05) is 20.2 Å². The van der Waals surface area contributed by atoms with E-state index in [-0.39, 0.29) is 12.6 Å². The van der Waals surface area contributed by atoms with Gasteiger partial charge in [-0.1, -0.05) is 0 Å². The quantitative estimate of drug-likeness (QED) is 0.648. The van der Waals surface area contributed by atoms with E-state index in [1.165, 1.54) is 0 Å². The molecule has 5 nitrogen and oxygen atoms in total. The molecule has 0 amide bonds. The summed E-state index contributed by atoms with van der Waals surface area (Å²) in [7, 11) is 3.92. The van der Waals surface area contributed by atoms with Crippen LogP contribution >= 0.6 is 0 Å². The molecule has 0 radical (unpaired) electrons. The minimum atomic E-state index is -0.180. The van der Waals surface area contributed by atoms with Gasteiger partial charge in [0.05, 0.1) is 13.2 Å². The van der Waals surface area contributed by atoms with Crippen molar-refractivity contribution < 1.29 is 5.11 Å². The van der Waals surface area contributed by atoms with E-state index in [4.69, 9.17) is 10.8 Å². The monoisotopic (exact) mass is 198 g/mol. The summed E-state index contributed by atoms with van der Waals surface area (Å²) in [6.45, 7) is 1.44. The number of imidazole rings is 1. The van der Waals surface area contributed by atoms with Gasteiger partial charge in [-0.15, -0.1) is 0 Å². The first-order chi connectivity index (χ1) is 6.63. The lowest BCUT2D eigenvalue weighted by molar-refractivity contribution is 0.215. The molecule has 1 heterocycles. The second kappa shape index (κ2) is 5.09. The minimum Gasteiger partial charge on any atom is -0.395 e. The highest BCUT2D eigenvalue weighted by atomic mass is 16.3. The predicted molar refractivity (Wildman–Crippen MR) is 54.6 cm³/mol. The number of aliphatic hydroxyl groups excluding tert-OH is 1. The Bertz CT molecular complexity index is 274. The largest absolute Gasteiger partial charge is 0.395 e. The van der Waals surface area contributed by atoms with E-state index in [0.29, 0.717) is 6.54 Å². The van der Waals surface area contributed by atoms with Crippen LogP contribution in [0.4, 0.5) is 0 Å². The summed E-state index contributed by atoms with van der Waals surface area (Å²) in [6.07, 6.45) is 3.68. The summed E-state index contributed by atoms with van der Waals surface area (Å²) in [5.41, 5.74) is 5.62. The van der Waals surface area contributed by atoms with Crippen LogP contribution in [0.15, 0.2) is 12.4 Å². The van der Waals surface area contributed by atoms with Gasteiger partial charge < -0.3 is 15.4 Å². The zero-order valence-corrected chi connectivity index (χ0v) is 8.72. The fourth-order valence-electron chi connectivity index (χ4n) is 1.31. The molecular formula is C9H18N4O. The van der Waals surface area contributed by atoms with Crippen LogP contribution in [0.5, 0.6) is 0 Å². The van der Waals surface area contributed by atoms with Crippen LogP contribution in [-0.4, -0.2) is 45.8 Å². The molecule has 0 saturated heterocycles. The highest BCUT2D eigenvalue weighted by Crippen LogP contribution is 1.99. The van der Waals surface area contributed by atoms with Gasteiger partial charge in [-0.3, -0.25) is 4.90 Å². The minimum absolute atomic E-state index is 0.0188. The molecule has 80 valence electrons. The number of hydrogen-bond acceptors (Lipinski definition) is 4. The van der Waals surface area contributed by atoms with Gasteiger partial charge in [-0.2, -0.15) is 0 Å². The van der Waals surface area contributed by atoms with Crippen LogP contribution in [0.2, 0.25) is 0 Å². The van der Waals surface area contributed by atoms with Crippen LogP contribution in [0, 0.1) is 0 Å². The SMILES string of the molecule is CN(Cc1nccn1C)CC(N)CO. The Balaban J connectivity index is 2.41. The first-order valence-electron chi connectivity index (χ1n) is 4.64. The van der Waals surface area contributed by atoms with Crippen molar-refractivity contribution in [1.29, 1.82) is 0 Å². The van der Waals surface area contributed by atoms with Crippen LogP contribution in [0.25, 0.3) is 0 Å². The van der Waals surface area contributed by atoms with Gasteiger partial charge in [0.1, 0.15) is 5.82 Å². The Labute approximate surface area is 84.2 Å². The van der Waals surface area contributed by atoms with Gasteiger partial charge in [-0.25, -0.2) is 4.98 Å². The normalized spacial score (nSPS) is 13.5. The Morgan fingerprint density at radius 2 is 2.43 bits per heavy atom. The number of aromatic nitrogens is 2. The topological polar surface area (TPSA) is 67.3 Å². The van der Waals surface area contributed by atoms with Gasteiger partial charge in [0.2, 0.25) is 0 Å². The molecule has 1 rings (SSSR count). The molecule has 0 spiro atoms. The summed E-state index contributed by atoms with van der Waals surface area (Å²) in [5, 5.41) is 8.79. The van der Waals surface area contributed by atoms with E-state index in [1.54, 1.807) is 6.20 Å². The summed E-state index contributed by atoms with van der Waals surface area (Å²) in [5.74, 6) is 0.998. The van der Waals surface area contributed by atoms with Gasteiger partial charge in [0.15, 0.2) is 0 Å². The van der Waals surface area contributed by atoms with Crippen LogP contribution in [0.1, 0.15) is 5.82 Å². The third-order valence-corrected chi connectivity index (χ3v) is 2.11. The fraction of sp³-hybridized carbons (Fsp3) is 0.667. The molecular weight excluding hydrogens is 180 g/mol. The molecule has 0 bridgehead atoms. The van der Waals surface area contributed by atoms with E-state index >= 15 is 0 Å². The van der Waals surface area contributed by atoms with Gasteiger partial charge in [0, 0.05) is 32.0 Å². The van der Waals surface area contributed by atoms with Gasteiger partial charge in [-0.05, 0) is 7.05 Å². The van der Waals surface area contributed by atoms with Crippen LogP contribution in [-0.2, 0) is 13.6 Å². The highest BCUT2D eigenvalue weighted by molar-refractivity contribution is 4.90. The molecule has 0 aliphatic carbocycles. The second-order valence-corrected chi connectivity index (χ2v) is 3.59. The van der Waals surface area contributed by atoms with Gasteiger partial charge in [0.25, 0.3) is 0 Å². The van der Waals surface area contributed by atoms with Crippen molar-refractivity contribution >= 4 is 0 Å². The molecule has 1 aromatic rings. The molecule has 1 unspecified atom stereocenters. The Hall–Kier alpha value is -0.910. The Morgan fingerprint density at radius 1 is 1.71 bits per heavy atom. The zero-order chi connectivity index (χ0) is 10.6. The molecule has 0 aliphatic heterocycles. The number of aryl methyl sites for hydroxylation is 1. The molecule has 0 fully saturated rings. The van der Waals surface area contributed by atoms with E-state index in [2.05, 4.69) is 4.98 Å². The van der Waals surface area contributed by atoms with E-state index in [9.17, 15) is 0 Å². The van der Waals surface area contributed by atoms with Crippen molar-refractivity contribution in [1.82, 2.24) is 14.5 Å². The van der Waals surface area contributed by atoms with E-state index in [1.807, 2.05) is 29.8 Å². The number of likely N-dealkylation sites (N-methyl/N-ethyl adjacent to an activating group) is 1. The van der Waals surface area contributed by atoms with Crippen LogP contribution in [0.3, 0.4) is 0 Å². The molecule has 5 heteroatoms. The average Bonchev–Trinajstić information content (AvgIpc) is 2.51. The molecule has 1 aromatic heterocycles.